The van der Waals surface area contributed by atoms with Gasteiger partial charge in [-0.15, -0.1) is 23.7 Å². The molecule has 0 spiro atoms. The summed E-state index contributed by atoms with van der Waals surface area (Å²) >= 11 is 1.76. The molecule has 3 nitrogen and oxygen atoms in total. The molecule has 0 bridgehead atoms. The van der Waals surface area contributed by atoms with Crippen LogP contribution in [0.3, 0.4) is 0 Å². The maximum atomic E-state index is 12.1. The van der Waals surface area contributed by atoms with Crippen LogP contribution < -0.4 is 11.1 Å². The van der Waals surface area contributed by atoms with E-state index in [2.05, 4.69) is 25.2 Å². The van der Waals surface area contributed by atoms with E-state index in [9.17, 15) is 4.79 Å². The molecule has 2 unspecified atom stereocenters. The van der Waals surface area contributed by atoms with Gasteiger partial charge in [-0.2, -0.15) is 0 Å². The molecule has 0 aliphatic heterocycles. The van der Waals surface area contributed by atoms with Crippen LogP contribution in [0.25, 0.3) is 0 Å². The Hall–Kier alpha value is -0.580. The number of carbonyl (C=O) groups is 1. The van der Waals surface area contributed by atoms with E-state index >= 15 is 0 Å². The summed E-state index contributed by atoms with van der Waals surface area (Å²) in [7, 11) is 0. The Kier molecular flexibility index (Phi) is 7.05. The van der Waals surface area contributed by atoms with Crippen molar-refractivity contribution in [2.75, 3.05) is 0 Å². The van der Waals surface area contributed by atoms with Gasteiger partial charge < -0.3 is 11.1 Å². The van der Waals surface area contributed by atoms with Crippen LogP contribution in [0.2, 0.25) is 0 Å². The lowest BCUT2D eigenvalue weighted by molar-refractivity contribution is -0.126. The Bertz CT molecular complexity index is 429. The molecule has 0 aliphatic carbocycles. The minimum absolute atomic E-state index is 0. The quantitative estimate of drug-likeness (QED) is 0.875. The zero-order valence-corrected chi connectivity index (χ0v) is 14.0. The molecule has 0 radical (unpaired) electrons. The molecule has 1 rings (SSSR count). The Morgan fingerprint density at radius 2 is 2.11 bits per heavy atom. The van der Waals surface area contributed by atoms with Crippen molar-refractivity contribution < 1.29 is 4.79 Å². The maximum absolute atomic E-state index is 12.1. The molecule has 19 heavy (non-hydrogen) atoms. The Labute approximate surface area is 126 Å². The zero-order valence-electron chi connectivity index (χ0n) is 12.4. The highest BCUT2D eigenvalue weighted by Gasteiger charge is 2.28. The van der Waals surface area contributed by atoms with Gasteiger partial charge in [0, 0.05) is 9.75 Å². The summed E-state index contributed by atoms with van der Waals surface area (Å²) in [5, 5.41) is 3.02. The van der Waals surface area contributed by atoms with Crippen molar-refractivity contribution in [2.45, 2.75) is 59.0 Å². The number of carbonyl (C=O) groups excluding carboxylic acids is 1. The Morgan fingerprint density at radius 3 is 2.53 bits per heavy atom. The number of halogens is 1. The highest BCUT2D eigenvalue weighted by molar-refractivity contribution is 7.12. The Morgan fingerprint density at radius 1 is 1.53 bits per heavy atom. The topological polar surface area (TPSA) is 55.1 Å². The smallest absolute Gasteiger partial charge is 0.240 e. The number of nitrogens with two attached hydrogens (primary N) is 1. The second-order valence-electron chi connectivity index (χ2n) is 5.23. The van der Waals surface area contributed by atoms with Crippen LogP contribution in [-0.4, -0.2) is 11.4 Å². The second-order valence-corrected chi connectivity index (χ2v) is 6.69. The molecule has 0 aliphatic rings. The summed E-state index contributed by atoms with van der Waals surface area (Å²) in [5.41, 5.74) is 6.45. The molecular formula is C14H25ClN2OS. The molecule has 3 N–H and O–H groups in total. The molecule has 2 atom stereocenters. The first-order valence-corrected chi connectivity index (χ1v) is 7.26. The van der Waals surface area contributed by atoms with Crippen molar-refractivity contribution in [1.29, 1.82) is 0 Å². The van der Waals surface area contributed by atoms with Crippen LogP contribution in [0.5, 0.6) is 0 Å². The lowest BCUT2D eigenvalue weighted by Crippen LogP contribution is -2.52. The van der Waals surface area contributed by atoms with Gasteiger partial charge in [0.25, 0.3) is 0 Å². The largest absolute Gasteiger partial charge is 0.348 e. The van der Waals surface area contributed by atoms with E-state index < -0.39 is 5.54 Å². The van der Waals surface area contributed by atoms with Gasteiger partial charge >= 0.3 is 0 Å². The molecule has 0 aromatic carbocycles. The van der Waals surface area contributed by atoms with E-state index in [1.165, 1.54) is 15.3 Å². The van der Waals surface area contributed by atoms with Gasteiger partial charge in [0.15, 0.2) is 0 Å². The zero-order chi connectivity index (χ0) is 13.9. The van der Waals surface area contributed by atoms with Crippen LogP contribution in [0.1, 0.15) is 55.0 Å². The minimum atomic E-state index is -0.776. The van der Waals surface area contributed by atoms with E-state index in [1.54, 1.807) is 18.3 Å². The van der Waals surface area contributed by atoms with Crippen LogP contribution in [-0.2, 0) is 4.79 Å². The van der Waals surface area contributed by atoms with Gasteiger partial charge in [-0.3, -0.25) is 4.79 Å². The molecule has 1 aromatic rings. The summed E-state index contributed by atoms with van der Waals surface area (Å²) < 4.78 is 0. The van der Waals surface area contributed by atoms with E-state index in [1.807, 2.05) is 13.8 Å². The lowest BCUT2D eigenvalue weighted by Gasteiger charge is -2.25. The first kappa shape index (κ1) is 18.4. The summed E-state index contributed by atoms with van der Waals surface area (Å²) in [6.07, 6.45) is 1.61. The second kappa shape index (κ2) is 7.27. The van der Waals surface area contributed by atoms with Gasteiger partial charge in [0.05, 0.1) is 11.6 Å². The summed E-state index contributed by atoms with van der Waals surface area (Å²) in [6, 6.07) is 2.15. The van der Waals surface area contributed by atoms with Gasteiger partial charge in [-0.1, -0.05) is 13.3 Å². The predicted octanol–water partition coefficient (Wildman–Crippen LogP) is 3.48. The number of hydrogen-bond donors (Lipinski definition) is 2. The third-order valence-corrected chi connectivity index (χ3v) is 4.16. The van der Waals surface area contributed by atoms with Crippen molar-refractivity contribution in [3.8, 4) is 0 Å². The third kappa shape index (κ3) is 4.79. The van der Waals surface area contributed by atoms with Crippen LogP contribution in [0.4, 0.5) is 0 Å². The van der Waals surface area contributed by atoms with Crippen molar-refractivity contribution in [2.24, 2.45) is 5.73 Å². The number of nitrogens with one attached hydrogen (secondary N) is 1. The van der Waals surface area contributed by atoms with E-state index in [0.29, 0.717) is 6.42 Å². The van der Waals surface area contributed by atoms with Gasteiger partial charge in [-0.05, 0) is 45.7 Å². The van der Waals surface area contributed by atoms with Gasteiger partial charge in [0.2, 0.25) is 5.91 Å². The summed E-state index contributed by atoms with van der Waals surface area (Å²) in [5.74, 6) is -0.0693. The van der Waals surface area contributed by atoms with Crippen molar-refractivity contribution in [1.82, 2.24) is 5.32 Å². The number of aryl methyl sites for hydroxylation is 2. The van der Waals surface area contributed by atoms with Crippen LogP contribution >= 0.6 is 23.7 Å². The first-order valence-electron chi connectivity index (χ1n) is 6.44. The molecule has 1 heterocycles. The maximum Gasteiger partial charge on any atom is 0.240 e. The van der Waals surface area contributed by atoms with E-state index in [4.69, 9.17) is 5.73 Å². The van der Waals surface area contributed by atoms with Crippen molar-refractivity contribution in [3.05, 3.63) is 21.4 Å². The van der Waals surface area contributed by atoms with E-state index in [-0.39, 0.29) is 24.4 Å². The number of hydrogen-bond acceptors (Lipinski definition) is 3. The molecule has 5 heteroatoms. The average molecular weight is 305 g/mol. The predicted molar refractivity (Wildman–Crippen MR) is 85.1 cm³/mol. The standard InChI is InChI=1S/C14H24N2OS.ClH/c1-6-7-14(5,15)13(17)16-10(3)12-8-9(2)18-11(12)4;/h8,10H,6-7,15H2,1-5H3,(H,16,17);1H. The molecule has 110 valence electrons. The average Bonchev–Trinajstić information content (AvgIpc) is 2.57. The normalized spacial score (nSPS) is 15.3. The number of thiophene rings is 1. The fourth-order valence-corrected chi connectivity index (χ4v) is 3.17. The van der Waals surface area contributed by atoms with Crippen LogP contribution in [0, 0.1) is 13.8 Å². The minimum Gasteiger partial charge on any atom is -0.348 e. The van der Waals surface area contributed by atoms with Gasteiger partial charge in [-0.25, -0.2) is 0 Å². The first-order chi connectivity index (χ1) is 8.27. The fourth-order valence-electron chi connectivity index (χ4n) is 2.15. The number of amides is 1. The summed E-state index contributed by atoms with van der Waals surface area (Å²) in [4.78, 5) is 14.7. The molecule has 0 saturated heterocycles. The number of rotatable bonds is 5. The molecular weight excluding hydrogens is 280 g/mol. The third-order valence-electron chi connectivity index (χ3n) is 3.18. The van der Waals surface area contributed by atoms with Gasteiger partial charge in [0.1, 0.15) is 0 Å². The fraction of sp³-hybridized carbons (Fsp3) is 0.643. The highest BCUT2D eigenvalue weighted by atomic mass is 35.5. The van der Waals surface area contributed by atoms with Crippen molar-refractivity contribution in [3.63, 3.8) is 0 Å². The Balaban J connectivity index is 0.00000324. The molecule has 1 amide bonds. The van der Waals surface area contributed by atoms with E-state index in [0.717, 1.165) is 6.42 Å². The summed E-state index contributed by atoms with van der Waals surface area (Å²) in [6.45, 7) is 10.0. The SMILES string of the molecule is CCCC(C)(N)C(=O)NC(C)c1cc(C)sc1C.Cl. The molecule has 0 saturated carbocycles. The highest BCUT2D eigenvalue weighted by Crippen LogP contribution is 2.26. The lowest BCUT2D eigenvalue weighted by atomic mass is 9.95. The molecule has 0 fully saturated rings. The van der Waals surface area contributed by atoms with Crippen molar-refractivity contribution >= 4 is 29.7 Å². The monoisotopic (exact) mass is 304 g/mol. The molecule has 1 aromatic heterocycles. The van der Waals surface area contributed by atoms with Crippen LogP contribution in [0.15, 0.2) is 6.07 Å².